The number of nitrogens with zero attached hydrogens (tertiary/aromatic N) is 12. The molecule has 0 aliphatic rings. The van der Waals surface area contributed by atoms with Crippen LogP contribution in [0.3, 0.4) is 0 Å². The third-order valence-electron chi connectivity index (χ3n) is 26.9. The highest BCUT2D eigenvalue weighted by molar-refractivity contribution is 6.39. The first-order chi connectivity index (χ1) is 66.6. The zero-order valence-corrected chi connectivity index (χ0v) is 72.2. The molecule has 0 saturated heterocycles. The molecule has 134 heavy (non-hydrogen) atoms. The van der Waals surface area contributed by atoms with Crippen molar-refractivity contribution in [2.45, 2.75) is 0 Å². The van der Waals surface area contributed by atoms with Crippen LogP contribution in [0.1, 0.15) is 0 Å². The summed E-state index contributed by atoms with van der Waals surface area (Å²) in [5.74, 6) is 1.99. The largest absolute Gasteiger partial charge is 0.309 e. The molecule has 0 radical (unpaired) electrons. The second-order valence-corrected chi connectivity index (χ2v) is 34.2. The van der Waals surface area contributed by atoms with Crippen molar-refractivity contribution < 1.29 is 0 Å². The lowest BCUT2D eigenvalue weighted by Gasteiger charge is -2.14. The van der Waals surface area contributed by atoms with Gasteiger partial charge in [-0.25, -0.2) is 29.9 Å². The Hall–Kier alpha value is -18.3. The van der Waals surface area contributed by atoms with Gasteiger partial charge in [-0.1, -0.05) is 358 Å². The molecule has 0 aliphatic heterocycles. The van der Waals surface area contributed by atoms with E-state index in [1.54, 1.807) is 0 Å². The number of hydrogen-bond donors (Lipinski definition) is 0. The first kappa shape index (κ1) is 75.8. The van der Waals surface area contributed by atoms with Crippen molar-refractivity contribution in [2.24, 2.45) is 0 Å². The van der Waals surface area contributed by atoms with E-state index in [9.17, 15) is 0 Å². The zero-order valence-electron chi connectivity index (χ0n) is 72.2. The van der Waals surface area contributed by atoms with Crippen molar-refractivity contribution >= 4 is 185 Å². The van der Waals surface area contributed by atoms with Crippen LogP contribution in [0.4, 0.5) is 0 Å². The van der Waals surface area contributed by atoms with E-state index in [1.807, 2.05) is 24.3 Å². The van der Waals surface area contributed by atoms with E-state index >= 15 is 0 Å². The Bertz CT molecular complexity index is 9820. The summed E-state index contributed by atoms with van der Waals surface area (Å²) in [5, 5.41) is 22.5. The molecule has 0 bridgehead atoms. The summed E-state index contributed by atoms with van der Waals surface area (Å²) in [5.41, 5.74) is 25.8. The van der Waals surface area contributed by atoms with E-state index in [0.29, 0.717) is 17.8 Å². The average molecular weight is 1710 g/mol. The quantitative estimate of drug-likeness (QED) is 0.142. The lowest BCUT2D eigenvalue weighted by molar-refractivity contribution is 1.01. The van der Waals surface area contributed by atoms with Gasteiger partial charge in [0.15, 0.2) is 0 Å². The van der Waals surface area contributed by atoms with Crippen molar-refractivity contribution in [3.8, 4) is 68.7 Å². The maximum atomic E-state index is 5.40. The highest BCUT2D eigenvalue weighted by Gasteiger charge is 2.31. The van der Waals surface area contributed by atoms with E-state index in [1.165, 1.54) is 114 Å². The minimum atomic E-state index is 0.658. The lowest BCUT2D eigenvalue weighted by Crippen LogP contribution is -2.05. The van der Waals surface area contributed by atoms with E-state index in [2.05, 4.69) is 464 Å². The first-order valence-electron chi connectivity index (χ1n) is 45.4. The molecule has 0 unspecified atom stereocenters. The summed E-state index contributed by atoms with van der Waals surface area (Å²) in [6, 6.07) is 163. The zero-order chi connectivity index (χ0) is 88.0. The first-order valence-corrected chi connectivity index (χ1v) is 45.4. The monoisotopic (exact) mass is 1710 g/mol. The molecule has 0 N–H and O–H groups in total. The summed E-state index contributed by atoms with van der Waals surface area (Å²) in [6.45, 7) is 0. The Labute approximate surface area is 766 Å². The average Bonchev–Trinajstić information content (AvgIpc) is 1.52. The standard InChI is InChI=1S/2C42H26N4.C38H24N4/c1-3-15-27(16-4-1)39-31-21-9-12-24-34(31)43-42(44-39)46-36-26-14-10-22-32(36)37-29-19-7-8-20-30(29)40-38(41(37)46)33-23-11-13-25-35(33)45(40)28-17-5-2-6-18-28;1-3-15-27(16-4-1)39-31-21-9-12-24-34(31)43-42(44-39)46-36-26-14-11-23-33(36)38-30-20-8-7-19-29(30)37-32-22-10-13-25-35(32)45(40(37)41(38)46)28-17-5-2-6-18-28;1-3-13-25(14-4-1)37-27-17-7-10-20-30(27)39-38(40-37)42-32-22-12-9-19-29(32)36-34(42)24-23-33-35(36)28-18-8-11-21-31(28)41(33)26-15-5-2-6-16-26/h2*1-26H;1-24H. The molecule has 29 rings (SSSR count). The van der Waals surface area contributed by atoms with Crippen LogP contribution in [0.5, 0.6) is 0 Å². The second kappa shape index (κ2) is 30.7. The molecular formula is C122H76N12. The van der Waals surface area contributed by atoms with Crippen LogP contribution in [0.15, 0.2) is 461 Å². The minimum Gasteiger partial charge on any atom is -0.309 e. The van der Waals surface area contributed by atoms with E-state index in [-0.39, 0.29) is 0 Å². The van der Waals surface area contributed by atoms with Crippen molar-refractivity contribution in [3.05, 3.63) is 461 Å². The maximum absolute atomic E-state index is 5.40. The van der Waals surface area contributed by atoms with Crippen LogP contribution in [0.25, 0.3) is 254 Å². The molecule has 0 saturated carbocycles. The molecule has 9 aromatic heterocycles. The number of rotatable bonds is 9. The van der Waals surface area contributed by atoms with Gasteiger partial charge in [0.2, 0.25) is 17.8 Å². The Morgan fingerprint density at radius 1 is 0.127 bits per heavy atom. The fraction of sp³-hybridized carbons (Fsp3) is 0. The molecule has 12 nitrogen and oxygen atoms in total. The molecule has 0 aliphatic carbocycles. The van der Waals surface area contributed by atoms with Gasteiger partial charge in [-0.2, -0.15) is 0 Å². The van der Waals surface area contributed by atoms with Gasteiger partial charge in [-0.05, 0) is 119 Å². The van der Waals surface area contributed by atoms with E-state index in [4.69, 9.17) is 29.9 Å². The normalized spacial score (nSPS) is 11.9. The van der Waals surface area contributed by atoms with Gasteiger partial charge in [0.25, 0.3) is 0 Å². The van der Waals surface area contributed by atoms with Gasteiger partial charge in [0.05, 0.1) is 99.8 Å². The third-order valence-corrected chi connectivity index (χ3v) is 26.9. The van der Waals surface area contributed by atoms with Gasteiger partial charge in [-0.3, -0.25) is 13.7 Å². The molecule has 9 heterocycles. The van der Waals surface area contributed by atoms with Gasteiger partial charge < -0.3 is 13.7 Å². The number of aromatic nitrogens is 12. The number of hydrogen-bond acceptors (Lipinski definition) is 6. The molecule has 624 valence electrons. The highest BCUT2D eigenvalue weighted by Crippen LogP contribution is 2.51. The SMILES string of the molecule is c1ccc(-c2nc(-n3c4ccccc4c4c5c6ccccc6n(-c6ccccc6)c5ccc43)nc3ccccc23)cc1.c1ccc(-c2nc(-n3c4ccccc4c4c5ccccc5c5c(c6ccccc6n5-c5ccccc5)c43)nc3ccccc23)cc1.c1ccc(-c2nc(-n3c4ccccc4c4c5ccccc5c5c6ccccc6n(-c6ccccc6)c5c43)nc3ccccc23)cc1. The summed E-state index contributed by atoms with van der Waals surface area (Å²) >= 11 is 0. The van der Waals surface area contributed by atoms with Gasteiger partial charge >= 0.3 is 0 Å². The van der Waals surface area contributed by atoms with Gasteiger partial charge in [-0.15, -0.1) is 0 Å². The fourth-order valence-electron chi connectivity index (χ4n) is 21.4. The lowest BCUT2D eigenvalue weighted by atomic mass is 9.98. The van der Waals surface area contributed by atoms with Crippen LogP contribution in [-0.4, -0.2) is 57.3 Å². The number of benzene rings is 20. The molecule has 12 heteroatoms. The summed E-state index contributed by atoms with van der Waals surface area (Å²) in [7, 11) is 0. The van der Waals surface area contributed by atoms with Crippen molar-refractivity contribution in [3.63, 3.8) is 0 Å². The summed E-state index contributed by atoms with van der Waals surface area (Å²) in [6.07, 6.45) is 0. The number of fused-ring (bicyclic) bond motifs is 30. The van der Waals surface area contributed by atoms with Crippen LogP contribution in [0, 0.1) is 0 Å². The Morgan fingerprint density at radius 3 is 0.739 bits per heavy atom. The van der Waals surface area contributed by atoms with Crippen LogP contribution < -0.4 is 0 Å². The highest BCUT2D eigenvalue weighted by atomic mass is 15.2. The predicted molar refractivity (Wildman–Crippen MR) is 556 cm³/mol. The topological polar surface area (TPSA) is 107 Å². The fourth-order valence-corrected chi connectivity index (χ4v) is 21.4. The molecule has 29 aromatic rings. The molecule has 0 spiro atoms. The molecule has 0 atom stereocenters. The van der Waals surface area contributed by atoms with Gasteiger partial charge in [0, 0.05) is 120 Å². The second-order valence-electron chi connectivity index (χ2n) is 34.2. The summed E-state index contributed by atoms with van der Waals surface area (Å²) in [4.78, 5) is 31.8. The number of para-hydroxylation sites is 12. The predicted octanol–water partition coefficient (Wildman–Crippen LogP) is 30.8. The Morgan fingerprint density at radius 2 is 0.358 bits per heavy atom. The van der Waals surface area contributed by atoms with Crippen LogP contribution in [-0.2, 0) is 0 Å². The van der Waals surface area contributed by atoms with Crippen molar-refractivity contribution in [2.75, 3.05) is 0 Å². The van der Waals surface area contributed by atoms with Crippen molar-refractivity contribution in [1.29, 1.82) is 0 Å². The Balaban J connectivity index is 0.000000102. The molecule has 0 fully saturated rings. The molecule has 20 aromatic carbocycles. The maximum Gasteiger partial charge on any atom is 0.235 e. The molecule has 0 amide bonds. The van der Waals surface area contributed by atoms with Crippen LogP contribution in [0.2, 0.25) is 0 Å². The van der Waals surface area contributed by atoms with Crippen molar-refractivity contribution in [1.82, 2.24) is 57.3 Å². The van der Waals surface area contributed by atoms with Gasteiger partial charge in [0.1, 0.15) is 0 Å². The van der Waals surface area contributed by atoms with E-state index in [0.717, 1.165) is 122 Å². The Kier molecular flexibility index (Phi) is 17.4. The smallest absolute Gasteiger partial charge is 0.235 e. The summed E-state index contributed by atoms with van der Waals surface area (Å²) < 4.78 is 14.1. The van der Waals surface area contributed by atoms with Crippen LogP contribution >= 0.6 is 0 Å². The third kappa shape index (κ3) is 11.7. The molecular weight excluding hydrogens is 1630 g/mol. The van der Waals surface area contributed by atoms with E-state index < -0.39 is 0 Å². The minimum absolute atomic E-state index is 0.658.